The molecule has 0 atom stereocenters. The van der Waals surface area contributed by atoms with Gasteiger partial charge in [-0.1, -0.05) is 30.3 Å². The van der Waals surface area contributed by atoms with E-state index in [4.69, 9.17) is 0 Å². The first kappa shape index (κ1) is 17.5. The number of hydrogen-bond acceptors (Lipinski definition) is 4. The maximum atomic E-state index is 12.9. The number of aryl methyl sites for hydroxylation is 1. The number of hydrogen-bond donors (Lipinski definition) is 1. The maximum Gasteiger partial charge on any atom is 0.257 e. The predicted octanol–water partition coefficient (Wildman–Crippen LogP) is 1.84. The summed E-state index contributed by atoms with van der Waals surface area (Å²) in [6.07, 6.45) is 4.18. The van der Waals surface area contributed by atoms with Crippen LogP contribution in [0.2, 0.25) is 0 Å². The number of carbonyl (C=O) groups is 1. The van der Waals surface area contributed by atoms with Crippen LogP contribution >= 0.6 is 0 Å². The third-order valence-electron chi connectivity index (χ3n) is 5.02. The second kappa shape index (κ2) is 7.36. The molecule has 3 heterocycles. The van der Waals surface area contributed by atoms with Gasteiger partial charge in [-0.2, -0.15) is 10.2 Å². The molecule has 1 aliphatic rings. The molecule has 1 aromatic carbocycles. The summed E-state index contributed by atoms with van der Waals surface area (Å²) in [6, 6.07) is 10.0. The summed E-state index contributed by atoms with van der Waals surface area (Å²) in [5, 5.41) is 18.4. The minimum atomic E-state index is -0.105. The van der Waals surface area contributed by atoms with E-state index in [9.17, 15) is 9.90 Å². The Labute approximate surface area is 157 Å². The van der Waals surface area contributed by atoms with Crippen LogP contribution in [0.1, 0.15) is 39.8 Å². The number of aliphatic hydroxyl groups is 1. The highest BCUT2D eigenvalue weighted by molar-refractivity contribution is 5.93. The molecule has 3 aromatic rings. The topological polar surface area (TPSA) is 76.2 Å². The van der Waals surface area contributed by atoms with E-state index in [2.05, 4.69) is 10.2 Å². The summed E-state index contributed by atoms with van der Waals surface area (Å²) in [7, 11) is 0. The molecule has 0 saturated carbocycles. The zero-order chi connectivity index (χ0) is 18.8. The van der Waals surface area contributed by atoms with Crippen LogP contribution in [0.25, 0.3) is 0 Å². The summed E-state index contributed by atoms with van der Waals surface area (Å²) in [6.45, 7) is 4.46. The van der Waals surface area contributed by atoms with Crippen molar-refractivity contribution in [2.75, 3.05) is 6.54 Å². The fourth-order valence-electron chi connectivity index (χ4n) is 3.64. The van der Waals surface area contributed by atoms with Gasteiger partial charge in [0.25, 0.3) is 5.91 Å². The van der Waals surface area contributed by atoms with Crippen molar-refractivity contribution in [1.82, 2.24) is 24.5 Å². The van der Waals surface area contributed by atoms with Crippen molar-refractivity contribution in [3.05, 3.63) is 70.8 Å². The minimum absolute atomic E-state index is 0.0342. The Hall–Kier alpha value is -2.93. The monoisotopic (exact) mass is 365 g/mol. The molecular formula is C20H23N5O2. The van der Waals surface area contributed by atoms with Gasteiger partial charge in [0.15, 0.2) is 0 Å². The molecule has 1 N–H and O–H groups in total. The van der Waals surface area contributed by atoms with Gasteiger partial charge in [0.05, 0.1) is 30.6 Å². The van der Waals surface area contributed by atoms with E-state index < -0.39 is 0 Å². The van der Waals surface area contributed by atoms with E-state index in [1.807, 2.05) is 46.8 Å². The van der Waals surface area contributed by atoms with Crippen molar-refractivity contribution < 1.29 is 9.90 Å². The van der Waals surface area contributed by atoms with Crippen LogP contribution in [0.15, 0.2) is 42.7 Å². The highest BCUT2D eigenvalue weighted by Crippen LogP contribution is 2.24. The summed E-state index contributed by atoms with van der Waals surface area (Å²) in [5.41, 5.74) is 4.51. The molecule has 0 unspecified atom stereocenters. The average molecular weight is 365 g/mol. The third-order valence-corrected chi connectivity index (χ3v) is 5.02. The van der Waals surface area contributed by atoms with Crippen LogP contribution in [-0.4, -0.2) is 42.0 Å². The molecule has 0 aliphatic carbocycles. The Morgan fingerprint density at radius 2 is 2.07 bits per heavy atom. The molecule has 0 bridgehead atoms. The van der Waals surface area contributed by atoms with Gasteiger partial charge in [0, 0.05) is 43.5 Å². The minimum Gasteiger partial charge on any atom is -0.390 e. The molecule has 1 aliphatic heterocycles. The van der Waals surface area contributed by atoms with Gasteiger partial charge in [0.2, 0.25) is 0 Å². The lowest BCUT2D eigenvalue weighted by molar-refractivity contribution is 0.0732. The smallest absolute Gasteiger partial charge is 0.257 e. The van der Waals surface area contributed by atoms with Gasteiger partial charge in [0.1, 0.15) is 0 Å². The highest BCUT2D eigenvalue weighted by atomic mass is 16.3. The Bertz CT molecular complexity index is 945. The number of nitrogens with zero attached hydrogens (tertiary/aromatic N) is 5. The van der Waals surface area contributed by atoms with E-state index in [0.29, 0.717) is 30.9 Å². The lowest BCUT2D eigenvalue weighted by Crippen LogP contribution is -2.36. The maximum absolute atomic E-state index is 12.9. The van der Waals surface area contributed by atoms with Gasteiger partial charge in [-0.15, -0.1) is 0 Å². The second-order valence-corrected chi connectivity index (χ2v) is 6.73. The molecule has 140 valence electrons. The van der Waals surface area contributed by atoms with Crippen molar-refractivity contribution in [3.8, 4) is 0 Å². The molecule has 0 spiro atoms. The molecule has 0 fully saturated rings. The van der Waals surface area contributed by atoms with Crippen LogP contribution in [0.5, 0.6) is 0 Å². The zero-order valence-electron chi connectivity index (χ0n) is 15.4. The largest absolute Gasteiger partial charge is 0.390 e. The molecule has 2 aromatic heterocycles. The van der Waals surface area contributed by atoms with Crippen molar-refractivity contribution in [2.45, 2.75) is 39.6 Å². The van der Waals surface area contributed by atoms with E-state index in [1.165, 1.54) is 0 Å². The van der Waals surface area contributed by atoms with Crippen LogP contribution < -0.4 is 0 Å². The number of carbonyl (C=O) groups excluding carboxylic acids is 1. The molecule has 0 radical (unpaired) electrons. The third kappa shape index (κ3) is 3.38. The fourth-order valence-corrected chi connectivity index (χ4v) is 3.64. The van der Waals surface area contributed by atoms with Crippen LogP contribution in [-0.2, 0) is 32.7 Å². The Morgan fingerprint density at radius 3 is 2.81 bits per heavy atom. The number of amides is 1. The summed E-state index contributed by atoms with van der Waals surface area (Å²) in [5.74, 6) is -0.0342. The van der Waals surface area contributed by atoms with E-state index in [1.54, 1.807) is 17.1 Å². The first-order chi connectivity index (χ1) is 13.2. The lowest BCUT2D eigenvalue weighted by atomic mass is 10.0. The molecule has 7 nitrogen and oxygen atoms in total. The van der Waals surface area contributed by atoms with Crippen LogP contribution in [0.3, 0.4) is 0 Å². The number of aromatic nitrogens is 4. The quantitative estimate of drug-likeness (QED) is 0.749. The normalized spacial score (nSPS) is 13.6. The molecular weight excluding hydrogens is 342 g/mol. The zero-order valence-corrected chi connectivity index (χ0v) is 15.4. The standard InChI is InChI=1S/C20H23N5O2/c1-2-25-19-8-9-23(13-17(19)18(14-26)22-25)20(27)16-10-21-24(12-16)11-15-6-4-3-5-7-15/h3-7,10,12,26H,2,8-9,11,13-14H2,1H3. The highest BCUT2D eigenvalue weighted by Gasteiger charge is 2.28. The molecule has 1 amide bonds. The first-order valence-electron chi connectivity index (χ1n) is 9.23. The molecule has 7 heteroatoms. The van der Waals surface area contributed by atoms with Crippen molar-refractivity contribution >= 4 is 5.91 Å². The summed E-state index contributed by atoms with van der Waals surface area (Å²) < 4.78 is 3.72. The average Bonchev–Trinajstić information content (AvgIpc) is 3.32. The van der Waals surface area contributed by atoms with Gasteiger partial charge in [-0.05, 0) is 12.5 Å². The van der Waals surface area contributed by atoms with E-state index in [0.717, 1.165) is 29.8 Å². The molecule has 4 rings (SSSR count). The second-order valence-electron chi connectivity index (χ2n) is 6.73. The number of aliphatic hydroxyl groups excluding tert-OH is 1. The summed E-state index contributed by atoms with van der Waals surface area (Å²) in [4.78, 5) is 14.7. The van der Waals surface area contributed by atoms with Crippen LogP contribution in [0.4, 0.5) is 0 Å². The Morgan fingerprint density at radius 1 is 1.26 bits per heavy atom. The number of fused-ring (bicyclic) bond motifs is 1. The van der Waals surface area contributed by atoms with Gasteiger partial charge in [-0.3, -0.25) is 14.2 Å². The molecule has 0 saturated heterocycles. The van der Waals surface area contributed by atoms with E-state index >= 15 is 0 Å². The van der Waals surface area contributed by atoms with Crippen molar-refractivity contribution in [2.24, 2.45) is 0 Å². The van der Waals surface area contributed by atoms with Gasteiger partial charge >= 0.3 is 0 Å². The van der Waals surface area contributed by atoms with E-state index in [-0.39, 0.29) is 12.5 Å². The van der Waals surface area contributed by atoms with Crippen molar-refractivity contribution in [1.29, 1.82) is 0 Å². The Kier molecular flexibility index (Phi) is 4.77. The number of benzene rings is 1. The van der Waals surface area contributed by atoms with Crippen LogP contribution in [0, 0.1) is 0 Å². The van der Waals surface area contributed by atoms with Gasteiger partial charge < -0.3 is 10.0 Å². The molecule has 27 heavy (non-hydrogen) atoms. The fraction of sp³-hybridized carbons (Fsp3) is 0.350. The Balaban J connectivity index is 1.50. The summed E-state index contributed by atoms with van der Waals surface area (Å²) >= 11 is 0. The first-order valence-corrected chi connectivity index (χ1v) is 9.23. The predicted molar refractivity (Wildman–Crippen MR) is 100 cm³/mol. The van der Waals surface area contributed by atoms with Gasteiger partial charge in [-0.25, -0.2) is 0 Å². The lowest BCUT2D eigenvalue weighted by Gasteiger charge is -2.27. The van der Waals surface area contributed by atoms with Crippen molar-refractivity contribution in [3.63, 3.8) is 0 Å². The SMILES string of the molecule is CCn1nc(CO)c2c1CCN(C(=O)c1cnn(Cc3ccccc3)c1)C2. The number of rotatable bonds is 5.